The summed E-state index contributed by atoms with van der Waals surface area (Å²) in [6.07, 6.45) is 6.74. The summed E-state index contributed by atoms with van der Waals surface area (Å²) in [5.74, 6) is -1.61. The van der Waals surface area contributed by atoms with Gasteiger partial charge in [-0.15, -0.1) is 0 Å². The zero-order valence-corrected chi connectivity index (χ0v) is 23.9. The maximum absolute atomic E-state index is 12.2. The molecule has 0 spiro atoms. The standard InChI is InChI=1S/C20H38O7S.C5H14NO/c1-5-9-11-16(7-3)14-26-19(21)13-18(28(23,24)25)20(22)27-15-17(8-4)12-10-6-2;1-6(2,3)4-5-7/h16-18H,5-15H2,1-4H3,(H,23,24,25);7H,4-5H2,1-3H3/q;+1. The molecule has 0 rings (SSSR count). The summed E-state index contributed by atoms with van der Waals surface area (Å²) in [6, 6.07) is 0. The van der Waals surface area contributed by atoms with E-state index >= 15 is 0 Å². The molecule has 0 saturated heterocycles. The Kier molecular flexibility index (Phi) is 20.4. The van der Waals surface area contributed by atoms with Gasteiger partial charge in [0.15, 0.2) is 5.25 Å². The van der Waals surface area contributed by atoms with Gasteiger partial charge in [-0.1, -0.05) is 66.2 Å². The van der Waals surface area contributed by atoms with Gasteiger partial charge in [0, 0.05) is 0 Å². The minimum atomic E-state index is -4.76. The van der Waals surface area contributed by atoms with Gasteiger partial charge in [-0.05, 0) is 24.7 Å². The molecule has 2 N–H and O–H groups in total. The number of aliphatic hydroxyl groups excluding tert-OH is 1. The molecule has 210 valence electrons. The lowest BCUT2D eigenvalue weighted by Gasteiger charge is -2.21. The molecular weight excluding hydrogens is 474 g/mol. The molecule has 0 radical (unpaired) electrons. The zero-order valence-electron chi connectivity index (χ0n) is 23.1. The van der Waals surface area contributed by atoms with E-state index in [0.29, 0.717) is 0 Å². The first-order chi connectivity index (χ1) is 16.2. The molecule has 3 unspecified atom stereocenters. The van der Waals surface area contributed by atoms with Gasteiger partial charge in [-0.2, -0.15) is 8.42 Å². The van der Waals surface area contributed by atoms with Crippen LogP contribution in [0.2, 0.25) is 0 Å². The summed E-state index contributed by atoms with van der Waals surface area (Å²) >= 11 is 0. The third-order valence-corrected chi connectivity index (χ3v) is 6.85. The first-order valence-corrected chi connectivity index (χ1v) is 14.5. The van der Waals surface area contributed by atoms with E-state index < -0.39 is 33.7 Å². The Morgan fingerprint density at radius 3 is 1.63 bits per heavy atom. The van der Waals surface area contributed by atoms with E-state index in [2.05, 4.69) is 35.0 Å². The third kappa shape index (κ3) is 20.6. The van der Waals surface area contributed by atoms with Gasteiger partial charge < -0.3 is 19.1 Å². The molecule has 0 bridgehead atoms. The Morgan fingerprint density at radius 2 is 1.31 bits per heavy atom. The van der Waals surface area contributed by atoms with Crippen molar-refractivity contribution >= 4 is 22.1 Å². The number of carbonyl (C=O) groups is 2. The van der Waals surface area contributed by atoms with E-state index in [4.69, 9.17) is 14.6 Å². The summed E-state index contributed by atoms with van der Waals surface area (Å²) in [4.78, 5) is 24.2. The second-order valence-electron chi connectivity index (χ2n) is 10.1. The number of hydrogen-bond acceptors (Lipinski definition) is 7. The fourth-order valence-corrected chi connectivity index (χ4v) is 3.78. The quantitative estimate of drug-likeness (QED) is 0.157. The minimum Gasteiger partial charge on any atom is -0.465 e. The SMILES string of the molecule is CCCCC(CC)COC(=O)CC(C(=O)OCC(CC)CCCC)S(=O)(=O)O.C[N+](C)(C)CCO. The van der Waals surface area contributed by atoms with Gasteiger partial charge in [0.05, 0.1) is 47.4 Å². The first kappa shape index (κ1) is 35.9. The van der Waals surface area contributed by atoms with Crippen LogP contribution in [0.5, 0.6) is 0 Å². The van der Waals surface area contributed by atoms with Crippen molar-refractivity contribution in [2.24, 2.45) is 11.8 Å². The topological polar surface area (TPSA) is 127 Å². The van der Waals surface area contributed by atoms with Crippen LogP contribution in [-0.4, -0.2) is 87.3 Å². The average molecular weight is 527 g/mol. The highest BCUT2D eigenvalue weighted by molar-refractivity contribution is 7.87. The van der Waals surface area contributed by atoms with Crippen LogP contribution in [0.15, 0.2) is 0 Å². The normalized spacial score (nSPS) is 14.3. The Bertz CT molecular complexity index is 661. The third-order valence-electron chi connectivity index (χ3n) is 5.77. The molecule has 0 aromatic carbocycles. The average Bonchev–Trinajstić information content (AvgIpc) is 2.76. The molecule has 0 aliphatic rings. The lowest BCUT2D eigenvalue weighted by atomic mass is 10.0. The number of likely N-dealkylation sites (N-methyl/N-ethyl adjacent to an activating group) is 1. The van der Waals surface area contributed by atoms with Crippen LogP contribution in [0, 0.1) is 11.8 Å². The van der Waals surface area contributed by atoms with Crippen LogP contribution in [-0.2, 0) is 29.2 Å². The van der Waals surface area contributed by atoms with Crippen molar-refractivity contribution in [3.8, 4) is 0 Å². The largest absolute Gasteiger partial charge is 0.465 e. The number of quaternary nitrogens is 1. The molecule has 0 aromatic heterocycles. The maximum atomic E-state index is 12.2. The predicted octanol–water partition coefficient (Wildman–Crippen LogP) is 3.84. The number of unbranched alkanes of at least 4 members (excludes halogenated alkanes) is 2. The van der Waals surface area contributed by atoms with E-state index in [0.717, 1.165) is 62.4 Å². The highest BCUT2D eigenvalue weighted by atomic mass is 32.2. The van der Waals surface area contributed by atoms with E-state index in [1.54, 1.807) is 0 Å². The fourth-order valence-electron chi connectivity index (χ4n) is 3.12. The Morgan fingerprint density at radius 1 is 0.857 bits per heavy atom. The van der Waals surface area contributed by atoms with Crippen LogP contribution in [0.25, 0.3) is 0 Å². The van der Waals surface area contributed by atoms with Gasteiger partial charge >= 0.3 is 11.9 Å². The summed E-state index contributed by atoms with van der Waals surface area (Å²) in [7, 11) is 1.39. The summed E-state index contributed by atoms with van der Waals surface area (Å²) < 4.78 is 43.6. The number of ether oxygens (including phenoxy) is 2. The van der Waals surface area contributed by atoms with Crippen molar-refractivity contribution in [2.45, 2.75) is 90.7 Å². The fraction of sp³-hybridized carbons (Fsp3) is 0.920. The molecule has 9 nitrogen and oxygen atoms in total. The molecule has 0 fully saturated rings. The number of nitrogens with zero attached hydrogens (tertiary/aromatic N) is 1. The van der Waals surface area contributed by atoms with Crippen LogP contribution in [0.3, 0.4) is 0 Å². The van der Waals surface area contributed by atoms with Crippen molar-refractivity contribution in [3.05, 3.63) is 0 Å². The Balaban J connectivity index is 0. The number of esters is 2. The monoisotopic (exact) mass is 526 g/mol. The van der Waals surface area contributed by atoms with E-state index in [1.165, 1.54) is 0 Å². The summed E-state index contributed by atoms with van der Waals surface area (Å²) in [5.41, 5.74) is 0. The van der Waals surface area contributed by atoms with Crippen molar-refractivity contribution in [1.82, 2.24) is 0 Å². The number of aliphatic hydroxyl groups is 1. The molecule has 0 heterocycles. The molecule has 0 saturated carbocycles. The van der Waals surface area contributed by atoms with Crippen LogP contribution in [0.4, 0.5) is 0 Å². The molecule has 0 aliphatic carbocycles. The van der Waals surface area contributed by atoms with Gasteiger partial charge in [0.25, 0.3) is 10.1 Å². The second kappa shape index (κ2) is 19.9. The van der Waals surface area contributed by atoms with Crippen molar-refractivity contribution in [3.63, 3.8) is 0 Å². The number of carbonyl (C=O) groups excluding carboxylic acids is 2. The molecule has 3 atom stereocenters. The van der Waals surface area contributed by atoms with E-state index in [1.807, 2.05) is 13.8 Å². The molecule has 10 heteroatoms. The first-order valence-electron chi connectivity index (χ1n) is 12.9. The van der Waals surface area contributed by atoms with Gasteiger partial charge in [-0.3, -0.25) is 14.1 Å². The minimum absolute atomic E-state index is 0.0747. The highest BCUT2D eigenvalue weighted by Gasteiger charge is 2.36. The van der Waals surface area contributed by atoms with Gasteiger partial charge in [-0.25, -0.2) is 0 Å². The Hall–Kier alpha value is -1.23. The van der Waals surface area contributed by atoms with E-state index in [-0.39, 0.29) is 31.7 Å². The Labute approximate surface area is 213 Å². The van der Waals surface area contributed by atoms with Gasteiger partial charge in [0.2, 0.25) is 0 Å². The van der Waals surface area contributed by atoms with Crippen molar-refractivity contribution < 1.29 is 41.6 Å². The lowest BCUT2D eigenvalue weighted by molar-refractivity contribution is -0.870. The van der Waals surface area contributed by atoms with Gasteiger partial charge in [0.1, 0.15) is 6.54 Å². The predicted molar refractivity (Wildman–Crippen MR) is 138 cm³/mol. The van der Waals surface area contributed by atoms with Crippen molar-refractivity contribution in [2.75, 3.05) is 47.5 Å². The number of hydrogen-bond donors (Lipinski definition) is 2. The molecular formula is C25H52NO8S+. The van der Waals surface area contributed by atoms with E-state index in [9.17, 15) is 22.6 Å². The maximum Gasteiger partial charge on any atom is 0.327 e. The second-order valence-corrected chi connectivity index (χ2v) is 11.7. The zero-order chi connectivity index (χ0) is 27.5. The molecule has 35 heavy (non-hydrogen) atoms. The molecule has 0 aromatic rings. The smallest absolute Gasteiger partial charge is 0.327 e. The lowest BCUT2D eigenvalue weighted by Crippen LogP contribution is -2.36. The molecule has 0 aliphatic heterocycles. The van der Waals surface area contributed by atoms with Crippen LogP contribution >= 0.6 is 0 Å². The number of rotatable bonds is 18. The summed E-state index contributed by atoms with van der Waals surface area (Å²) in [5, 5.41) is 6.44. The van der Waals surface area contributed by atoms with Crippen LogP contribution < -0.4 is 0 Å². The van der Waals surface area contributed by atoms with Crippen LogP contribution in [0.1, 0.15) is 85.5 Å². The summed E-state index contributed by atoms with van der Waals surface area (Å²) in [6.45, 7) is 9.46. The molecule has 0 amide bonds. The highest BCUT2D eigenvalue weighted by Crippen LogP contribution is 2.17. The van der Waals surface area contributed by atoms with Crippen molar-refractivity contribution in [1.29, 1.82) is 0 Å².